The Labute approximate surface area is 235 Å². The van der Waals surface area contributed by atoms with E-state index < -0.39 is 15.8 Å². The summed E-state index contributed by atoms with van der Waals surface area (Å²) in [5.41, 5.74) is 7.83. The molecule has 2 aromatic carbocycles. The third-order valence-corrected chi connectivity index (χ3v) is 7.29. The minimum absolute atomic E-state index is 0.0216. The number of sulfonamides is 1. The number of imidazole rings is 1. The highest BCUT2D eigenvalue weighted by Gasteiger charge is 2.18. The molecule has 12 heteroatoms. The van der Waals surface area contributed by atoms with Crippen LogP contribution >= 0.6 is 0 Å². The molecule has 6 rings (SSSR count). The Morgan fingerprint density at radius 1 is 0.902 bits per heavy atom. The molecule has 4 aromatic heterocycles. The zero-order valence-corrected chi connectivity index (χ0v) is 23.2. The van der Waals surface area contributed by atoms with Crippen LogP contribution in [0, 0.1) is 5.82 Å². The maximum absolute atomic E-state index is 14.6. The van der Waals surface area contributed by atoms with Gasteiger partial charge in [-0.1, -0.05) is 19.1 Å². The molecule has 0 bridgehead atoms. The number of nitrogens with zero attached hydrogens (tertiary/aromatic N) is 4. The van der Waals surface area contributed by atoms with Crippen LogP contribution in [0.25, 0.3) is 56.0 Å². The van der Waals surface area contributed by atoms with Crippen LogP contribution in [0.5, 0.6) is 0 Å². The van der Waals surface area contributed by atoms with Gasteiger partial charge in [0.05, 0.1) is 28.5 Å². The second-order valence-corrected chi connectivity index (χ2v) is 11.6. The van der Waals surface area contributed by atoms with Crippen molar-refractivity contribution in [2.45, 2.75) is 20.0 Å². The monoisotopic (exact) mass is 570 g/mol. The minimum Gasteiger partial charge on any atom is -0.336 e. The number of pyridine rings is 2. The first-order chi connectivity index (χ1) is 19.8. The standard InChI is InChI=1S/C29H27FN8O2S/c1-3-31-13-18-10-20(16-32-14-18)23-7-8-25-27(34-23)28(38-37-25)29-35-24-6-4-5-22(26(24)36-29)19-9-17(11-21(30)12-19)15-33-41(2,39)40/h4-12,14,16,31,33H,3,13,15H2,1-2H3,(H,35,36)(H,37,38). The van der Waals surface area contributed by atoms with Gasteiger partial charge in [0, 0.05) is 36.6 Å². The van der Waals surface area contributed by atoms with Crippen molar-refractivity contribution in [1.82, 2.24) is 40.2 Å². The number of fused-ring (bicyclic) bond motifs is 2. The van der Waals surface area contributed by atoms with E-state index in [-0.39, 0.29) is 6.54 Å². The summed E-state index contributed by atoms with van der Waals surface area (Å²) < 4.78 is 40.1. The molecular weight excluding hydrogens is 543 g/mol. The molecule has 0 amide bonds. The lowest BCUT2D eigenvalue weighted by Gasteiger charge is -2.08. The topological polar surface area (TPSA) is 141 Å². The first kappa shape index (κ1) is 26.7. The number of nitrogens with one attached hydrogen (secondary N) is 4. The fourth-order valence-corrected chi connectivity index (χ4v) is 5.15. The maximum Gasteiger partial charge on any atom is 0.209 e. The molecule has 0 fully saturated rings. The van der Waals surface area contributed by atoms with E-state index in [9.17, 15) is 12.8 Å². The number of aromatic amines is 2. The van der Waals surface area contributed by atoms with Crippen molar-refractivity contribution in [3.05, 3.63) is 83.9 Å². The summed E-state index contributed by atoms with van der Waals surface area (Å²) in [5, 5.41) is 10.8. The lowest BCUT2D eigenvalue weighted by atomic mass is 10.0. The number of halogens is 1. The van der Waals surface area contributed by atoms with Gasteiger partial charge >= 0.3 is 0 Å². The highest BCUT2D eigenvalue weighted by atomic mass is 32.2. The molecule has 0 aliphatic heterocycles. The Balaban J connectivity index is 1.39. The molecule has 0 aliphatic carbocycles. The second kappa shape index (κ2) is 10.8. The van der Waals surface area contributed by atoms with Crippen molar-refractivity contribution in [1.29, 1.82) is 0 Å². The SMILES string of the molecule is CCNCc1cncc(-c2ccc3[nH]nc(-c4nc5c(-c6cc(F)cc(CNS(C)(=O)=O)c6)cccc5[nH]4)c3n2)c1. The van der Waals surface area contributed by atoms with Gasteiger partial charge in [0.1, 0.15) is 11.3 Å². The average Bonchev–Trinajstić information content (AvgIpc) is 3.58. The van der Waals surface area contributed by atoms with Gasteiger partial charge < -0.3 is 10.3 Å². The predicted octanol–water partition coefficient (Wildman–Crippen LogP) is 4.53. The van der Waals surface area contributed by atoms with Crippen LogP contribution in [0.1, 0.15) is 18.1 Å². The number of benzene rings is 2. The Morgan fingerprint density at radius 2 is 1.76 bits per heavy atom. The van der Waals surface area contributed by atoms with Gasteiger partial charge in [0.25, 0.3) is 0 Å². The lowest BCUT2D eigenvalue weighted by Crippen LogP contribution is -2.21. The third kappa shape index (κ3) is 5.71. The van der Waals surface area contributed by atoms with Crippen LogP contribution in [0.15, 0.2) is 67.0 Å². The summed E-state index contributed by atoms with van der Waals surface area (Å²) in [6.45, 7) is 3.63. The Morgan fingerprint density at radius 3 is 2.59 bits per heavy atom. The van der Waals surface area contributed by atoms with Crippen LogP contribution in [-0.4, -0.2) is 51.4 Å². The maximum atomic E-state index is 14.6. The van der Waals surface area contributed by atoms with Gasteiger partial charge in [-0.3, -0.25) is 10.1 Å². The van der Waals surface area contributed by atoms with E-state index in [2.05, 4.69) is 43.2 Å². The Hall–Kier alpha value is -4.52. The highest BCUT2D eigenvalue weighted by Crippen LogP contribution is 2.32. The molecule has 208 valence electrons. The van der Waals surface area contributed by atoms with Crippen LogP contribution in [-0.2, 0) is 23.1 Å². The van der Waals surface area contributed by atoms with Crippen molar-refractivity contribution in [3.8, 4) is 33.9 Å². The quantitative estimate of drug-likeness (QED) is 0.200. The van der Waals surface area contributed by atoms with Gasteiger partial charge in [0.15, 0.2) is 11.5 Å². The third-order valence-electron chi connectivity index (χ3n) is 6.62. The zero-order valence-electron chi connectivity index (χ0n) is 22.4. The fraction of sp³-hybridized carbons (Fsp3) is 0.172. The van der Waals surface area contributed by atoms with E-state index >= 15 is 0 Å². The van der Waals surface area contributed by atoms with Gasteiger partial charge in [-0.25, -0.2) is 27.5 Å². The molecule has 0 atom stereocenters. The predicted molar refractivity (Wildman–Crippen MR) is 157 cm³/mol. The van der Waals surface area contributed by atoms with Crippen molar-refractivity contribution in [3.63, 3.8) is 0 Å². The smallest absolute Gasteiger partial charge is 0.209 e. The number of H-pyrrole nitrogens is 2. The van der Waals surface area contributed by atoms with E-state index in [4.69, 9.17) is 9.97 Å². The summed E-state index contributed by atoms with van der Waals surface area (Å²) in [4.78, 5) is 17.5. The number of hydrogen-bond acceptors (Lipinski definition) is 7. The van der Waals surface area contributed by atoms with Gasteiger partial charge in [-0.05, 0) is 65.7 Å². The van der Waals surface area contributed by atoms with Crippen molar-refractivity contribution in [2.75, 3.05) is 12.8 Å². The molecule has 0 saturated carbocycles. The van der Waals surface area contributed by atoms with Crippen LogP contribution in [0.2, 0.25) is 0 Å². The van der Waals surface area contributed by atoms with Gasteiger partial charge in [-0.15, -0.1) is 0 Å². The molecule has 4 N–H and O–H groups in total. The first-order valence-corrected chi connectivity index (χ1v) is 14.9. The van der Waals surface area contributed by atoms with E-state index in [1.165, 1.54) is 12.1 Å². The average molecular weight is 571 g/mol. The first-order valence-electron chi connectivity index (χ1n) is 13.0. The lowest BCUT2D eigenvalue weighted by molar-refractivity contribution is 0.586. The summed E-state index contributed by atoms with van der Waals surface area (Å²) in [6, 6.07) is 16.0. The molecule has 0 radical (unpaired) electrons. The van der Waals surface area contributed by atoms with E-state index in [0.29, 0.717) is 39.2 Å². The van der Waals surface area contributed by atoms with Crippen LogP contribution in [0.4, 0.5) is 4.39 Å². The summed E-state index contributed by atoms with van der Waals surface area (Å²) in [7, 11) is -3.43. The molecule has 4 heterocycles. The number of aromatic nitrogens is 6. The molecule has 0 unspecified atom stereocenters. The zero-order chi connectivity index (χ0) is 28.6. The summed E-state index contributed by atoms with van der Waals surface area (Å²) in [5.74, 6) is 0.0392. The second-order valence-electron chi connectivity index (χ2n) is 9.76. The molecule has 41 heavy (non-hydrogen) atoms. The number of para-hydroxylation sites is 1. The number of rotatable bonds is 9. The molecule has 0 saturated heterocycles. The summed E-state index contributed by atoms with van der Waals surface area (Å²) >= 11 is 0. The van der Waals surface area contributed by atoms with E-state index in [0.717, 1.165) is 47.2 Å². The van der Waals surface area contributed by atoms with Crippen molar-refractivity contribution in [2.24, 2.45) is 0 Å². The Kier molecular flexibility index (Phi) is 7.03. The van der Waals surface area contributed by atoms with Crippen LogP contribution < -0.4 is 10.0 Å². The fourth-order valence-electron chi connectivity index (χ4n) is 4.72. The van der Waals surface area contributed by atoms with Gasteiger partial charge in [0.2, 0.25) is 10.0 Å². The largest absolute Gasteiger partial charge is 0.336 e. The summed E-state index contributed by atoms with van der Waals surface area (Å²) in [6.07, 6.45) is 4.69. The minimum atomic E-state index is -3.43. The molecule has 0 spiro atoms. The van der Waals surface area contributed by atoms with Crippen molar-refractivity contribution >= 4 is 32.1 Å². The van der Waals surface area contributed by atoms with E-state index in [1.807, 2.05) is 36.5 Å². The van der Waals surface area contributed by atoms with Crippen LogP contribution in [0.3, 0.4) is 0 Å². The van der Waals surface area contributed by atoms with Crippen molar-refractivity contribution < 1.29 is 12.8 Å². The van der Waals surface area contributed by atoms with Gasteiger partial charge in [-0.2, -0.15) is 5.10 Å². The molecular formula is C29H27FN8O2S. The normalized spacial score (nSPS) is 12.0. The number of hydrogen-bond donors (Lipinski definition) is 4. The van der Waals surface area contributed by atoms with E-state index in [1.54, 1.807) is 12.3 Å². The Bertz CT molecular complexity index is 2000. The molecule has 0 aliphatic rings. The highest BCUT2D eigenvalue weighted by molar-refractivity contribution is 7.88. The molecule has 10 nitrogen and oxygen atoms in total. The molecule has 6 aromatic rings.